The van der Waals surface area contributed by atoms with Gasteiger partial charge in [-0.25, -0.2) is 0 Å². The molecule has 0 radical (unpaired) electrons. The first-order valence-electron chi connectivity index (χ1n) is 12.8. The maximum absolute atomic E-state index is 14.0. The molecule has 2 saturated heterocycles. The molecule has 1 aromatic heterocycles. The molecule has 40 heavy (non-hydrogen) atoms. The highest BCUT2D eigenvalue weighted by atomic mass is 32.5. The van der Waals surface area contributed by atoms with Crippen molar-refractivity contribution in [3.63, 3.8) is 0 Å². The number of halogens is 5. The first kappa shape index (κ1) is 30.2. The number of anilines is 1. The van der Waals surface area contributed by atoms with Gasteiger partial charge in [0.25, 0.3) is 0 Å². The Bertz CT molecular complexity index is 1210. The molecule has 2 aliphatic heterocycles. The zero-order chi connectivity index (χ0) is 29.4. The molecule has 14 heteroatoms. The maximum Gasteiger partial charge on any atom is 0.310 e. The van der Waals surface area contributed by atoms with Crippen LogP contribution in [0, 0.1) is 0 Å². The van der Waals surface area contributed by atoms with Crippen LogP contribution in [0.15, 0.2) is 53.7 Å². The van der Waals surface area contributed by atoms with Gasteiger partial charge in [-0.1, -0.05) is 25.5 Å². The Balaban J connectivity index is 1.77. The predicted octanol–water partition coefficient (Wildman–Crippen LogP) is 5.26. The van der Waals surface area contributed by atoms with E-state index in [1.54, 1.807) is 12.1 Å². The van der Waals surface area contributed by atoms with Gasteiger partial charge in [0.05, 0.1) is 24.4 Å². The van der Waals surface area contributed by atoms with Gasteiger partial charge < -0.3 is 20.1 Å². The second-order valence-electron chi connectivity index (χ2n) is 10.3. The van der Waals surface area contributed by atoms with Gasteiger partial charge in [-0.2, -0.15) is 0 Å². The number of hydrogen-bond acceptors (Lipinski definition) is 6. The molecule has 4 rings (SSSR count). The number of nitrogens with one attached hydrogen (secondary N) is 2. The fraction of sp³-hybridized carbons (Fsp3) is 0.500. The molecule has 2 aliphatic rings. The minimum atomic E-state index is -9.97. The van der Waals surface area contributed by atoms with Crippen LogP contribution in [-0.2, 0) is 19.1 Å². The zero-order valence-electron chi connectivity index (χ0n) is 22.2. The molecule has 222 valence electrons. The summed E-state index contributed by atoms with van der Waals surface area (Å²) in [5.74, 6) is -1.22. The topological polar surface area (TPSA) is 92.8 Å². The van der Waals surface area contributed by atoms with Crippen molar-refractivity contribution in [1.82, 2.24) is 15.6 Å². The van der Waals surface area contributed by atoms with Gasteiger partial charge in [0, 0.05) is 43.3 Å². The van der Waals surface area contributed by atoms with Crippen molar-refractivity contribution in [3.05, 3.63) is 54.4 Å². The third kappa shape index (κ3) is 7.09. The van der Waals surface area contributed by atoms with Crippen LogP contribution < -0.4 is 15.5 Å². The molecule has 0 saturated carbocycles. The van der Waals surface area contributed by atoms with E-state index in [2.05, 4.69) is 15.6 Å². The summed E-state index contributed by atoms with van der Waals surface area (Å²) in [6, 6.07) is 2.67. The van der Waals surface area contributed by atoms with E-state index in [4.69, 9.17) is 9.47 Å². The number of benzene rings is 1. The lowest BCUT2D eigenvalue weighted by Gasteiger charge is -2.41. The number of carbonyl (C=O) groups excluding carboxylic acids is 2. The van der Waals surface area contributed by atoms with Crippen LogP contribution in [0.25, 0.3) is 0 Å². The third-order valence-corrected chi connectivity index (χ3v) is 8.23. The molecular weight excluding hydrogens is 559 g/mol. The van der Waals surface area contributed by atoms with Crippen LogP contribution in [0.1, 0.15) is 44.7 Å². The Kier molecular flexibility index (Phi) is 7.95. The molecule has 3 heterocycles. The second kappa shape index (κ2) is 10.5. The highest BCUT2D eigenvalue weighted by molar-refractivity contribution is 8.45. The quantitative estimate of drug-likeness (QED) is 0.407. The summed E-state index contributed by atoms with van der Waals surface area (Å²) in [7, 11) is -8.48. The number of pyridine rings is 1. The minimum Gasteiger partial charge on any atom is -0.380 e. The number of hydrogen-bond donors (Lipinski definition) is 2. The van der Waals surface area contributed by atoms with Gasteiger partial charge in [0.15, 0.2) is 0 Å². The standard InChI is InChI=1S/C26H33F5N4O4S/c1-16-11-19(12-17(2)39-16)34-25(36)24(18-5-4-10-32-14-18)35(26(37)23-13-21(38-3)15-33-23)20-6-8-22(9-7-20)40(27,28,29,30)31/h4-10,14,16-17,19,21,23-24,33H,11-13,15H2,1-3H3,(H,34,36)/t16-,17+,19?,21?,23?,24?. The van der Waals surface area contributed by atoms with Crippen molar-refractivity contribution in [2.24, 2.45) is 0 Å². The molecule has 0 bridgehead atoms. The molecule has 0 spiro atoms. The van der Waals surface area contributed by atoms with E-state index in [0.717, 1.165) is 17.0 Å². The summed E-state index contributed by atoms with van der Waals surface area (Å²) in [6.07, 6.45) is 3.56. The Hall–Kier alpha value is -2.81. The molecule has 6 atom stereocenters. The maximum atomic E-state index is 14.0. The molecule has 2 amide bonds. The summed E-state index contributed by atoms with van der Waals surface area (Å²) >= 11 is 0. The fourth-order valence-corrected chi connectivity index (χ4v) is 5.92. The number of rotatable bonds is 8. The Morgan fingerprint density at radius 2 is 1.73 bits per heavy atom. The summed E-state index contributed by atoms with van der Waals surface area (Å²) in [5.41, 5.74) is 0.135. The number of ether oxygens (including phenoxy) is 2. The largest absolute Gasteiger partial charge is 0.380 e. The van der Waals surface area contributed by atoms with Gasteiger partial charge in [-0.3, -0.25) is 19.5 Å². The van der Waals surface area contributed by atoms with Gasteiger partial charge in [-0.15, -0.1) is 0 Å². The average molecular weight is 593 g/mol. The van der Waals surface area contributed by atoms with Gasteiger partial charge >= 0.3 is 10.2 Å². The molecule has 1 aromatic carbocycles. The lowest BCUT2D eigenvalue weighted by Crippen LogP contribution is -2.52. The van der Waals surface area contributed by atoms with E-state index in [1.807, 2.05) is 13.8 Å². The summed E-state index contributed by atoms with van der Waals surface area (Å²) in [6.45, 7) is 4.09. The zero-order valence-corrected chi connectivity index (χ0v) is 23.1. The smallest absolute Gasteiger partial charge is 0.310 e. The Labute approximate surface area is 229 Å². The third-order valence-electron chi connectivity index (χ3n) is 7.07. The van der Waals surface area contributed by atoms with E-state index in [0.29, 0.717) is 24.9 Å². The van der Waals surface area contributed by atoms with Crippen LogP contribution in [-0.4, -0.2) is 60.8 Å². The molecule has 2 aromatic rings. The number of nitrogens with zero attached hydrogens (tertiary/aromatic N) is 2. The number of aromatic nitrogens is 1. The minimum absolute atomic E-state index is 0.128. The van der Waals surface area contributed by atoms with Gasteiger partial charge in [-0.05, 0) is 63.4 Å². The summed E-state index contributed by atoms with van der Waals surface area (Å²) in [5, 5.41) is 5.98. The van der Waals surface area contributed by atoms with E-state index in [1.165, 1.54) is 19.5 Å². The van der Waals surface area contributed by atoms with Crippen LogP contribution in [0.5, 0.6) is 0 Å². The Morgan fingerprint density at radius 1 is 1.07 bits per heavy atom. The van der Waals surface area contributed by atoms with Gasteiger partial charge in [0.2, 0.25) is 11.8 Å². The lowest BCUT2D eigenvalue weighted by atomic mass is 9.98. The summed E-state index contributed by atoms with van der Waals surface area (Å²) < 4.78 is 78.3. The first-order chi connectivity index (χ1) is 18.6. The number of amides is 2. The van der Waals surface area contributed by atoms with Crippen LogP contribution in [0.3, 0.4) is 0 Å². The van der Waals surface area contributed by atoms with E-state index in [9.17, 15) is 29.0 Å². The highest BCUT2D eigenvalue weighted by Crippen LogP contribution is 3.02. The normalized spacial score (nSPS) is 27.8. The van der Waals surface area contributed by atoms with Crippen molar-refractivity contribution in [3.8, 4) is 0 Å². The lowest BCUT2D eigenvalue weighted by molar-refractivity contribution is -0.129. The van der Waals surface area contributed by atoms with Crippen molar-refractivity contribution < 1.29 is 38.5 Å². The van der Waals surface area contributed by atoms with Crippen molar-refractivity contribution in [1.29, 1.82) is 0 Å². The van der Waals surface area contributed by atoms with E-state index < -0.39 is 39.0 Å². The number of carbonyl (C=O) groups is 2. The van der Waals surface area contributed by atoms with Crippen molar-refractivity contribution >= 4 is 27.7 Å². The fourth-order valence-electron chi connectivity index (χ4n) is 5.26. The van der Waals surface area contributed by atoms with Crippen LogP contribution in [0.2, 0.25) is 0 Å². The SMILES string of the molecule is COC1CNC(C(=O)N(c2ccc(S(F)(F)(F)(F)F)cc2)C(C(=O)NC2C[C@@H](C)O[C@@H](C)C2)c2cccnc2)C1. The second-order valence-corrected chi connectivity index (χ2v) is 12.8. The number of methoxy groups -OCH3 is 1. The monoisotopic (exact) mass is 592 g/mol. The molecular formula is C26H33F5N4O4S. The van der Waals surface area contributed by atoms with Crippen molar-refractivity contribution in [2.75, 3.05) is 18.6 Å². The Morgan fingerprint density at radius 3 is 2.25 bits per heavy atom. The van der Waals surface area contributed by atoms with E-state index >= 15 is 0 Å². The van der Waals surface area contributed by atoms with Crippen LogP contribution in [0.4, 0.5) is 25.1 Å². The molecule has 4 unspecified atom stereocenters. The first-order valence-corrected chi connectivity index (χ1v) is 14.8. The van der Waals surface area contributed by atoms with Gasteiger partial charge in [0.1, 0.15) is 10.9 Å². The molecule has 0 aliphatic carbocycles. The molecule has 2 N–H and O–H groups in total. The average Bonchev–Trinajstić information content (AvgIpc) is 3.35. The summed E-state index contributed by atoms with van der Waals surface area (Å²) in [4.78, 5) is 30.9. The molecule has 2 fully saturated rings. The predicted molar refractivity (Wildman–Crippen MR) is 141 cm³/mol. The highest BCUT2D eigenvalue weighted by Gasteiger charge is 2.65. The van der Waals surface area contributed by atoms with Crippen molar-refractivity contribution in [2.45, 2.75) is 74.4 Å². The molecule has 8 nitrogen and oxygen atoms in total. The van der Waals surface area contributed by atoms with E-state index in [-0.39, 0.29) is 48.6 Å². The van der Waals surface area contributed by atoms with Crippen LogP contribution >= 0.6 is 10.2 Å².